The summed E-state index contributed by atoms with van der Waals surface area (Å²) in [7, 11) is -3.62. The summed E-state index contributed by atoms with van der Waals surface area (Å²) in [5.41, 5.74) is 4.92. The summed E-state index contributed by atoms with van der Waals surface area (Å²) in [5, 5.41) is 0.0966. The molecule has 0 radical (unpaired) electrons. The predicted octanol–water partition coefficient (Wildman–Crippen LogP) is 1.46. The number of hydrogen-bond donors (Lipinski definition) is 1. The number of sulfone groups is 1. The van der Waals surface area contributed by atoms with Crippen LogP contribution in [0.1, 0.15) is 0 Å². The summed E-state index contributed by atoms with van der Waals surface area (Å²) < 4.78 is 35.1. The van der Waals surface area contributed by atoms with E-state index in [9.17, 15) is 12.8 Å². The Morgan fingerprint density at radius 2 is 2.00 bits per heavy atom. The minimum absolute atomic E-state index is 0.0966. The van der Waals surface area contributed by atoms with Crippen LogP contribution in [0.25, 0.3) is 0 Å². The van der Waals surface area contributed by atoms with E-state index >= 15 is 0 Å². The van der Waals surface area contributed by atoms with E-state index in [1.54, 1.807) is 0 Å². The van der Waals surface area contributed by atoms with E-state index in [0.717, 1.165) is 18.4 Å². The van der Waals surface area contributed by atoms with Crippen LogP contribution in [0.2, 0.25) is 5.02 Å². The molecule has 0 aliphatic rings. The van der Waals surface area contributed by atoms with Crippen molar-refractivity contribution in [2.75, 3.05) is 12.0 Å². The van der Waals surface area contributed by atoms with Crippen molar-refractivity contribution in [3.8, 4) is 0 Å². The smallest absolute Gasteiger partial charge is 0.178 e. The van der Waals surface area contributed by atoms with Crippen LogP contribution in [-0.2, 0) is 9.84 Å². The van der Waals surface area contributed by atoms with Gasteiger partial charge in [0.05, 0.1) is 5.69 Å². The third kappa shape index (κ3) is 2.10. The summed E-state index contributed by atoms with van der Waals surface area (Å²) in [6.45, 7) is 0. The Bertz CT molecular complexity index is 444. The molecule has 1 aromatic rings. The van der Waals surface area contributed by atoms with Gasteiger partial charge in [0.2, 0.25) is 0 Å². The van der Waals surface area contributed by atoms with Gasteiger partial charge in [0.15, 0.2) is 15.7 Å². The van der Waals surface area contributed by atoms with Crippen molar-refractivity contribution >= 4 is 27.1 Å². The number of hydrogen-bond acceptors (Lipinski definition) is 3. The SMILES string of the molecule is CS(=O)(=O)c1cc(Cl)cc(N)c1F. The van der Waals surface area contributed by atoms with Gasteiger partial charge in [0.1, 0.15) is 4.90 Å². The van der Waals surface area contributed by atoms with Gasteiger partial charge in [-0.3, -0.25) is 0 Å². The molecule has 0 saturated heterocycles. The van der Waals surface area contributed by atoms with Crippen LogP contribution in [-0.4, -0.2) is 14.7 Å². The molecule has 0 aromatic heterocycles. The standard InChI is InChI=1S/C7H7ClFNO2S/c1-13(11,12)6-3-4(8)2-5(10)7(6)9/h2-3H,10H2,1H3. The molecule has 0 bridgehead atoms. The molecule has 0 amide bonds. The Kier molecular flexibility index (Phi) is 2.49. The average molecular weight is 224 g/mol. The number of anilines is 1. The third-order valence-electron chi connectivity index (χ3n) is 1.43. The van der Waals surface area contributed by atoms with Gasteiger partial charge in [0.25, 0.3) is 0 Å². The zero-order valence-corrected chi connectivity index (χ0v) is 8.29. The van der Waals surface area contributed by atoms with Gasteiger partial charge in [-0.25, -0.2) is 12.8 Å². The quantitative estimate of drug-likeness (QED) is 0.734. The molecule has 72 valence electrons. The molecule has 0 aliphatic heterocycles. The van der Waals surface area contributed by atoms with Crippen molar-refractivity contribution in [3.05, 3.63) is 23.0 Å². The molecule has 0 atom stereocenters. The summed E-state index contributed by atoms with van der Waals surface area (Å²) in [6.07, 6.45) is 0.890. The van der Waals surface area contributed by atoms with Crippen LogP contribution in [0, 0.1) is 5.82 Å². The van der Waals surface area contributed by atoms with Gasteiger partial charge in [-0.15, -0.1) is 0 Å². The average Bonchev–Trinajstić information content (AvgIpc) is 1.94. The number of nitrogens with two attached hydrogens (primary N) is 1. The molecule has 0 spiro atoms. The number of nitrogen functional groups attached to an aromatic ring is 1. The third-order valence-corrected chi connectivity index (χ3v) is 2.75. The van der Waals surface area contributed by atoms with Gasteiger partial charge in [-0.1, -0.05) is 11.6 Å². The predicted molar refractivity (Wildman–Crippen MR) is 48.9 cm³/mol. The molecule has 1 rings (SSSR count). The van der Waals surface area contributed by atoms with Gasteiger partial charge < -0.3 is 5.73 Å². The van der Waals surface area contributed by atoms with Crippen LogP contribution in [0.4, 0.5) is 10.1 Å². The van der Waals surface area contributed by atoms with E-state index in [-0.39, 0.29) is 10.7 Å². The summed E-state index contributed by atoms with van der Waals surface area (Å²) in [5.74, 6) is -0.952. The first-order valence-corrected chi connectivity index (χ1v) is 5.54. The van der Waals surface area contributed by atoms with E-state index in [1.807, 2.05) is 0 Å². The summed E-state index contributed by atoms with van der Waals surface area (Å²) in [6, 6.07) is 2.19. The van der Waals surface area contributed by atoms with Crippen LogP contribution in [0.5, 0.6) is 0 Å². The zero-order chi connectivity index (χ0) is 10.2. The molecular weight excluding hydrogens is 217 g/mol. The summed E-state index contributed by atoms with van der Waals surface area (Å²) in [4.78, 5) is -0.475. The topological polar surface area (TPSA) is 60.2 Å². The van der Waals surface area contributed by atoms with Crippen molar-refractivity contribution in [2.24, 2.45) is 0 Å². The summed E-state index contributed by atoms with van der Waals surface area (Å²) >= 11 is 5.52. The molecule has 0 fully saturated rings. The monoisotopic (exact) mass is 223 g/mol. The van der Waals surface area contributed by atoms with E-state index in [2.05, 4.69) is 0 Å². The van der Waals surface area contributed by atoms with Crippen molar-refractivity contribution < 1.29 is 12.8 Å². The number of benzene rings is 1. The second kappa shape index (κ2) is 3.16. The first-order chi connectivity index (χ1) is 5.82. The Labute approximate surface area is 80.2 Å². The van der Waals surface area contributed by atoms with E-state index < -0.39 is 20.5 Å². The van der Waals surface area contributed by atoms with Crippen molar-refractivity contribution in [1.29, 1.82) is 0 Å². The van der Waals surface area contributed by atoms with Gasteiger partial charge in [0, 0.05) is 11.3 Å². The fourth-order valence-electron chi connectivity index (χ4n) is 0.854. The van der Waals surface area contributed by atoms with Crippen LogP contribution in [0.3, 0.4) is 0 Å². The van der Waals surface area contributed by atoms with E-state index in [4.69, 9.17) is 17.3 Å². The van der Waals surface area contributed by atoms with E-state index in [1.165, 1.54) is 0 Å². The number of rotatable bonds is 1. The van der Waals surface area contributed by atoms with Crippen molar-refractivity contribution in [1.82, 2.24) is 0 Å². The Hall–Kier alpha value is -0.810. The van der Waals surface area contributed by atoms with E-state index in [0.29, 0.717) is 0 Å². The van der Waals surface area contributed by atoms with Gasteiger partial charge in [-0.2, -0.15) is 0 Å². The molecule has 6 heteroatoms. The Morgan fingerprint density at radius 3 is 2.46 bits per heavy atom. The minimum atomic E-state index is -3.62. The van der Waals surface area contributed by atoms with Gasteiger partial charge in [-0.05, 0) is 12.1 Å². The van der Waals surface area contributed by atoms with Crippen LogP contribution >= 0.6 is 11.6 Å². The molecule has 0 unspecified atom stereocenters. The first kappa shape index (κ1) is 10.3. The maximum atomic E-state index is 13.1. The molecule has 0 heterocycles. The second-order valence-corrected chi connectivity index (χ2v) is 5.00. The van der Waals surface area contributed by atoms with Crippen molar-refractivity contribution in [2.45, 2.75) is 4.90 Å². The Morgan fingerprint density at radius 1 is 1.46 bits per heavy atom. The lowest BCUT2D eigenvalue weighted by Gasteiger charge is -2.03. The molecule has 3 nitrogen and oxygen atoms in total. The highest BCUT2D eigenvalue weighted by molar-refractivity contribution is 7.90. The lowest BCUT2D eigenvalue weighted by atomic mass is 10.3. The molecular formula is C7H7ClFNO2S. The Balaban J connectivity index is 3.56. The van der Waals surface area contributed by atoms with Crippen LogP contribution < -0.4 is 5.73 Å². The second-order valence-electron chi connectivity index (χ2n) is 2.58. The molecule has 13 heavy (non-hydrogen) atoms. The fraction of sp³-hybridized carbons (Fsp3) is 0.143. The highest BCUT2D eigenvalue weighted by Crippen LogP contribution is 2.24. The normalized spacial score (nSPS) is 11.6. The molecule has 1 aromatic carbocycles. The number of halogens is 2. The lowest BCUT2D eigenvalue weighted by Crippen LogP contribution is -2.03. The lowest BCUT2D eigenvalue weighted by molar-refractivity contribution is 0.573. The highest BCUT2D eigenvalue weighted by atomic mass is 35.5. The highest BCUT2D eigenvalue weighted by Gasteiger charge is 2.16. The molecule has 2 N–H and O–H groups in total. The maximum Gasteiger partial charge on any atom is 0.178 e. The van der Waals surface area contributed by atoms with Gasteiger partial charge >= 0.3 is 0 Å². The molecule has 0 aliphatic carbocycles. The van der Waals surface area contributed by atoms with Crippen molar-refractivity contribution in [3.63, 3.8) is 0 Å². The molecule has 0 saturated carbocycles. The minimum Gasteiger partial charge on any atom is -0.396 e. The largest absolute Gasteiger partial charge is 0.396 e. The maximum absolute atomic E-state index is 13.1. The first-order valence-electron chi connectivity index (χ1n) is 3.27. The zero-order valence-electron chi connectivity index (χ0n) is 6.71. The van der Waals surface area contributed by atoms with Crippen LogP contribution in [0.15, 0.2) is 17.0 Å². The fourth-order valence-corrected chi connectivity index (χ4v) is 1.93.